The molecule has 2 aromatic heterocycles. The van der Waals surface area contributed by atoms with Gasteiger partial charge in [0, 0.05) is 31.2 Å². The average molecular weight is 395 g/mol. The van der Waals surface area contributed by atoms with E-state index >= 15 is 0 Å². The first kappa shape index (κ1) is 21.6. The molecule has 0 saturated heterocycles. The molecule has 0 aliphatic carbocycles. The Morgan fingerprint density at radius 1 is 1.21 bits per heavy atom. The lowest BCUT2D eigenvalue weighted by Crippen LogP contribution is -2.48. The average Bonchev–Trinajstić information content (AvgIpc) is 2.59. The molecule has 28 heavy (non-hydrogen) atoms. The Morgan fingerprint density at radius 3 is 2.36 bits per heavy atom. The monoisotopic (exact) mass is 395 g/mol. The lowest BCUT2D eigenvalue weighted by Gasteiger charge is -2.35. The highest BCUT2D eigenvalue weighted by Crippen LogP contribution is 2.24. The Hall–Kier alpha value is -2.71. The predicted octanol–water partition coefficient (Wildman–Crippen LogP) is 3.54. The van der Waals surface area contributed by atoms with Crippen molar-refractivity contribution in [2.45, 2.75) is 46.5 Å². The third-order valence-corrected chi connectivity index (χ3v) is 4.39. The summed E-state index contributed by atoms with van der Waals surface area (Å²) in [7, 11) is 1.74. The highest BCUT2D eigenvalue weighted by molar-refractivity contribution is 5.95. The molecule has 9 heteroatoms. The first-order chi connectivity index (χ1) is 13.0. The van der Waals surface area contributed by atoms with Crippen LogP contribution in [0.4, 0.5) is 19.1 Å². The molecular weight excluding hydrogens is 371 g/mol. The van der Waals surface area contributed by atoms with Gasteiger partial charge in [0.1, 0.15) is 6.17 Å². The van der Waals surface area contributed by atoms with Crippen molar-refractivity contribution < 1.29 is 18.0 Å². The number of alkyl halides is 3. The first-order valence-corrected chi connectivity index (χ1v) is 8.90. The van der Waals surface area contributed by atoms with Gasteiger partial charge in [0.15, 0.2) is 0 Å². The Labute approximate surface area is 162 Å². The summed E-state index contributed by atoms with van der Waals surface area (Å²) in [4.78, 5) is 28.8. The number of carbonyl (C=O) groups excluding carboxylic acids is 1. The van der Waals surface area contributed by atoms with Gasteiger partial charge in [0.25, 0.3) is 5.91 Å². The van der Waals surface area contributed by atoms with Gasteiger partial charge < -0.3 is 9.80 Å². The van der Waals surface area contributed by atoms with Crippen molar-refractivity contribution in [3.05, 3.63) is 47.0 Å². The Bertz CT molecular complexity index is 820. The van der Waals surface area contributed by atoms with Gasteiger partial charge in [-0.15, -0.1) is 0 Å². The van der Waals surface area contributed by atoms with Crippen molar-refractivity contribution in [3.63, 3.8) is 0 Å². The highest BCUT2D eigenvalue weighted by atomic mass is 19.4. The molecule has 0 radical (unpaired) electrons. The quantitative estimate of drug-likeness (QED) is 0.700. The maximum Gasteiger partial charge on any atom is 0.394 e. The Kier molecular flexibility index (Phi) is 6.58. The molecule has 0 aromatic carbocycles. The summed E-state index contributed by atoms with van der Waals surface area (Å²) in [5.74, 6) is -0.0727. The number of halogens is 3. The molecule has 2 rings (SSSR count). The zero-order chi connectivity index (χ0) is 21.1. The van der Waals surface area contributed by atoms with Crippen LogP contribution in [0, 0.1) is 13.8 Å². The van der Waals surface area contributed by atoms with Gasteiger partial charge in [-0.3, -0.25) is 9.78 Å². The van der Waals surface area contributed by atoms with E-state index in [1.165, 1.54) is 23.2 Å². The topological polar surface area (TPSA) is 62.2 Å². The number of aromatic nitrogens is 3. The standard InChI is InChI=1S/C19H24F3N5O/c1-6-27(14(4)26(5)18-24-12(2)10-13(3)25-18)17(28)15-8-7-9-23-16(15)11-19(20,21)22/h7-10,14H,6,11H2,1-5H3. The normalized spacial score (nSPS) is 12.6. The molecular formula is C19H24F3N5O. The second-order valence-corrected chi connectivity index (χ2v) is 6.57. The molecule has 0 spiro atoms. The number of hydrogen-bond acceptors (Lipinski definition) is 5. The van der Waals surface area contributed by atoms with Crippen LogP contribution in [-0.4, -0.2) is 51.7 Å². The van der Waals surface area contributed by atoms with Crippen LogP contribution in [0.1, 0.15) is 41.3 Å². The van der Waals surface area contributed by atoms with Gasteiger partial charge in [0.2, 0.25) is 5.95 Å². The summed E-state index contributed by atoms with van der Waals surface area (Å²) in [6, 6.07) is 4.67. The van der Waals surface area contributed by atoms with E-state index in [0.717, 1.165) is 11.4 Å². The summed E-state index contributed by atoms with van der Waals surface area (Å²) in [6.45, 7) is 7.54. The van der Waals surface area contributed by atoms with Crippen LogP contribution >= 0.6 is 0 Å². The van der Waals surface area contributed by atoms with Crippen LogP contribution in [0.3, 0.4) is 0 Å². The van der Waals surface area contributed by atoms with Gasteiger partial charge in [-0.25, -0.2) is 9.97 Å². The molecule has 0 aliphatic heterocycles. The SMILES string of the molecule is CCN(C(=O)c1cccnc1CC(F)(F)F)C(C)N(C)c1nc(C)cc(C)n1. The van der Waals surface area contributed by atoms with Gasteiger partial charge >= 0.3 is 6.18 Å². The van der Waals surface area contributed by atoms with Crippen molar-refractivity contribution in [1.29, 1.82) is 0 Å². The Morgan fingerprint density at radius 2 is 1.82 bits per heavy atom. The fourth-order valence-corrected chi connectivity index (χ4v) is 2.94. The minimum Gasteiger partial charge on any atom is -0.324 e. The molecule has 1 atom stereocenters. The zero-order valence-electron chi connectivity index (χ0n) is 16.6. The van der Waals surface area contributed by atoms with E-state index in [1.807, 2.05) is 19.9 Å². The molecule has 1 amide bonds. The molecule has 0 saturated carbocycles. The van der Waals surface area contributed by atoms with E-state index < -0.39 is 24.7 Å². The fraction of sp³-hybridized carbons (Fsp3) is 0.474. The molecule has 0 fully saturated rings. The van der Waals surface area contributed by atoms with E-state index in [4.69, 9.17) is 0 Å². The number of amides is 1. The number of hydrogen-bond donors (Lipinski definition) is 0. The molecule has 1 unspecified atom stereocenters. The van der Waals surface area contributed by atoms with E-state index in [-0.39, 0.29) is 11.3 Å². The van der Waals surface area contributed by atoms with E-state index in [1.54, 1.807) is 25.8 Å². The molecule has 152 valence electrons. The van der Waals surface area contributed by atoms with E-state index in [9.17, 15) is 18.0 Å². The van der Waals surface area contributed by atoms with E-state index in [0.29, 0.717) is 12.5 Å². The first-order valence-electron chi connectivity index (χ1n) is 8.90. The third kappa shape index (κ3) is 5.17. The van der Waals surface area contributed by atoms with Crippen molar-refractivity contribution in [1.82, 2.24) is 19.9 Å². The van der Waals surface area contributed by atoms with Gasteiger partial charge in [-0.1, -0.05) is 0 Å². The third-order valence-electron chi connectivity index (χ3n) is 4.39. The minimum atomic E-state index is -4.45. The summed E-state index contributed by atoms with van der Waals surface area (Å²) in [5, 5.41) is 0. The van der Waals surface area contributed by atoms with Crippen molar-refractivity contribution in [3.8, 4) is 0 Å². The summed E-state index contributed by atoms with van der Waals surface area (Å²) < 4.78 is 38.6. The second kappa shape index (κ2) is 8.53. The second-order valence-electron chi connectivity index (χ2n) is 6.57. The molecule has 6 nitrogen and oxygen atoms in total. The van der Waals surface area contributed by atoms with Crippen LogP contribution in [0.15, 0.2) is 24.4 Å². The molecule has 2 heterocycles. The lowest BCUT2D eigenvalue weighted by molar-refractivity contribution is -0.127. The van der Waals surface area contributed by atoms with Crippen molar-refractivity contribution >= 4 is 11.9 Å². The van der Waals surface area contributed by atoms with Gasteiger partial charge in [-0.05, 0) is 45.9 Å². The number of nitrogens with zero attached hydrogens (tertiary/aromatic N) is 5. The van der Waals surface area contributed by atoms with Gasteiger partial charge in [0.05, 0.1) is 17.7 Å². The van der Waals surface area contributed by atoms with Crippen LogP contribution in [-0.2, 0) is 6.42 Å². The summed E-state index contributed by atoms with van der Waals surface area (Å²) in [6.07, 6.45) is -4.92. The summed E-state index contributed by atoms with van der Waals surface area (Å²) >= 11 is 0. The maximum atomic E-state index is 13.0. The fourth-order valence-electron chi connectivity index (χ4n) is 2.94. The number of carbonyl (C=O) groups is 1. The number of anilines is 1. The molecule has 0 aliphatic rings. The van der Waals surface area contributed by atoms with E-state index in [2.05, 4.69) is 15.0 Å². The van der Waals surface area contributed by atoms with Crippen LogP contribution in [0.25, 0.3) is 0 Å². The Balaban J connectivity index is 2.33. The highest BCUT2D eigenvalue weighted by Gasteiger charge is 2.33. The van der Waals surface area contributed by atoms with Crippen LogP contribution in [0.2, 0.25) is 0 Å². The van der Waals surface area contributed by atoms with Crippen molar-refractivity contribution in [2.24, 2.45) is 0 Å². The number of rotatable bonds is 6. The molecule has 2 aromatic rings. The predicted molar refractivity (Wildman–Crippen MR) is 100 cm³/mol. The molecule has 0 N–H and O–H groups in total. The maximum absolute atomic E-state index is 13.0. The minimum absolute atomic E-state index is 0.0525. The smallest absolute Gasteiger partial charge is 0.324 e. The summed E-state index contributed by atoms with van der Waals surface area (Å²) in [5.41, 5.74) is 1.24. The number of pyridine rings is 1. The zero-order valence-corrected chi connectivity index (χ0v) is 16.6. The lowest BCUT2D eigenvalue weighted by atomic mass is 10.1. The molecule has 0 bridgehead atoms. The van der Waals surface area contributed by atoms with Gasteiger partial charge in [-0.2, -0.15) is 13.2 Å². The number of aryl methyl sites for hydroxylation is 2. The van der Waals surface area contributed by atoms with Crippen LogP contribution in [0.5, 0.6) is 0 Å². The van der Waals surface area contributed by atoms with Crippen molar-refractivity contribution in [2.75, 3.05) is 18.5 Å². The largest absolute Gasteiger partial charge is 0.394 e. The van der Waals surface area contributed by atoms with Crippen LogP contribution < -0.4 is 4.90 Å².